The summed E-state index contributed by atoms with van der Waals surface area (Å²) < 4.78 is 10.6. The van der Waals surface area contributed by atoms with E-state index >= 15 is 0 Å². The highest BCUT2D eigenvalue weighted by atomic mass is 16.5. The van der Waals surface area contributed by atoms with E-state index in [4.69, 9.17) is 9.47 Å². The number of methoxy groups -OCH3 is 1. The number of carbonyl (C=O) groups is 1. The molecule has 0 bridgehead atoms. The van der Waals surface area contributed by atoms with Crippen molar-refractivity contribution in [3.63, 3.8) is 0 Å². The number of nitrogens with zero attached hydrogens (tertiary/aromatic N) is 3. The first-order valence-electron chi connectivity index (χ1n) is 9.93. The summed E-state index contributed by atoms with van der Waals surface area (Å²) in [6.07, 6.45) is 0.808. The number of morpholine rings is 1. The lowest BCUT2D eigenvalue weighted by Gasteiger charge is -2.36. The summed E-state index contributed by atoms with van der Waals surface area (Å²) in [6.45, 7) is 10.1. The summed E-state index contributed by atoms with van der Waals surface area (Å²) >= 11 is 0. The molecule has 27 heavy (non-hydrogen) atoms. The lowest BCUT2D eigenvalue weighted by molar-refractivity contribution is 0.0309. The van der Waals surface area contributed by atoms with E-state index in [-0.39, 0.29) is 6.03 Å². The first-order valence-corrected chi connectivity index (χ1v) is 9.93. The molecule has 2 heterocycles. The SMILES string of the molecule is COc1cccc(CCNC(=O)N2CCN(CCN3CCOCC3)CC2)c1. The second-order valence-corrected chi connectivity index (χ2v) is 7.12. The zero-order valence-electron chi connectivity index (χ0n) is 16.4. The number of hydrogen-bond donors (Lipinski definition) is 1. The van der Waals surface area contributed by atoms with Crippen molar-refractivity contribution in [2.45, 2.75) is 6.42 Å². The number of nitrogens with one attached hydrogen (secondary N) is 1. The van der Waals surface area contributed by atoms with Crippen molar-refractivity contribution < 1.29 is 14.3 Å². The molecule has 2 aliphatic heterocycles. The van der Waals surface area contributed by atoms with Gasteiger partial charge in [-0.25, -0.2) is 4.79 Å². The summed E-state index contributed by atoms with van der Waals surface area (Å²) in [7, 11) is 1.67. The van der Waals surface area contributed by atoms with E-state index in [1.807, 2.05) is 23.1 Å². The van der Waals surface area contributed by atoms with Crippen LogP contribution in [0.15, 0.2) is 24.3 Å². The van der Waals surface area contributed by atoms with Crippen LogP contribution in [0.5, 0.6) is 5.75 Å². The lowest BCUT2D eigenvalue weighted by atomic mass is 10.1. The molecule has 3 rings (SSSR count). The highest BCUT2D eigenvalue weighted by Crippen LogP contribution is 2.12. The second kappa shape index (κ2) is 10.5. The Kier molecular flexibility index (Phi) is 7.74. The van der Waals surface area contributed by atoms with Gasteiger partial charge in [0.15, 0.2) is 0 Å². The molecule has 7 heteroatoms. The Bertz CT molecular complexity index is 584. The standard InChI is InChI=1S/C20H32N4O3/c1-26-19-4-2-3-18(17-19)5-6-21-20(25)24-11-9-22(10-12-24)7-8-23-13-15-27-16-14-23/h2-4,17H,5-16H2,1H3,(H,21,25). The van der Waals surface area contributed by atoms with Crippen molar-refractivity contribution in [1.82, 2.24) is 20.0 Å². The van der Waals surface area contributed by atoms with E-state index in [2.05, 4.69) is 21.2 Å². The van der Waals surface area contributed by atoms with Gasteiger partial charge in [-0.2, -0.15) is 0 Å². The van der Waals surface area contributed by atoms with Crippen LogP contribution in [0.1, 0.15) is 5.56 Å². The first-order chi connectivity index (χ1) is 13.2. The Morgan fingerprint density at radius 2 is 1.78 bits per heavy atom. The van der Waals surface area contributed by atoms with Gasteiger partial charge in [-0.1, -0.05) is 12.1 Å². The fraction of sp³-hybridized carbons (Fsp3) is 0.650. The smallest absolute Gasteiger partial charge is 0.317 e. The molecule has 1 aromatic rings. The molecule has 0 saturated carbocycles. The zero-order chi connectivity index (χ0) is 18.9. The lowest BCUT2D eigenvalue weighted by Crippen LogP contribution is -2.53. The van der Waals surface area contributed by atoms with E-state index < -0.39 is 0 Å². The monoisotopic (exact) mass is 376 g/mol. The molecule has 1 aromatic carbocycles. The molecule has 0 spiro atoms. The molecule has 0 aliphatic carbocycles. The van der Waals surface area contributed by atoms with Crippen molar-refractivity contribution >= 4 is 6.03 Å². The predicted octanol–water partition coefficient (Wildman–Crippen LogP) is 0.897. The van der Waals surface area contributed by atoms with Gasteiger partial charge in [0.2, 0.25) is 0 Å². The Hall–Kier alpha value is -1.83. The van der Waals surface area contributed by atoms with Crippen molar-refractivity contribution in [1.29, 1.82) is 0 Å². The highest BCUT2D eigenvalue weighted by molar-refractivity contribution is 5.74. The quantitative estimate of drug-likeness (QED) is 0.766. The third-order valence-electron chi connectivity index (χ3n) is 5.32. The Morgan fingerprint density at radius 1 is 1.07 bits per heavy atom. The Balaban J connectivity index is 1.31. The maximum atomic E-state index is 12.4. The molecule has 2 fully saturated rings. The van der Waals surface area contributed by atoms with E-state index in [0.29, 0.717) is 6.54 Å². The molecular formula is C20H32N4O3. The topological polar surface area (TPSA) is 57.3 Å². The van der Waals surface area contributed by atoms with Crippen LogP contribution in [0, 0.1) is 0 Å². The normalized spacial score (nSPS) is 19.1. The van der Waals surface area contributed by atoms with Gasteiger partial charge in [-0.3, -0.25) is 9.80 Å². The maximum absolute atomic E-state index is 12.4. The van der Waals surface area contributed by atoms with E-state index in [0.717, 1.165) is 77.7 Å². The fourth-order valence-electron chi connectivity index (χ4n) is 3.54. The second-order valence-electron chi connectivity index (χ2n) is 7.12. The number of amides is 2. The number of carbonyl (C=O) groups excluding carboxylic acids is 1. The van der Waals surface area contributed by atoms with Gasteiger partial charge in [0.1, 0.15) is 5.75 Å². The van der Waals surface area contributed by atoms with Crippen LogP contribution in [-0.4, -0.2) is 100.0 Å². The number of benzene rings is 1. The van der Waals surface area contributed by atoms with Crippen molar-refractivity contribution in [3.8, 4) is 5.75 Å². The minimum absolute atomic E-state index is 0.0470. The van der Waals surface area contributed by atoms with Crippen LogP contribution in [-0.2, 0) is 11.2 Å². The molecule has 0 radical (unpaired) electrons. The molecule has 0 unspecified atom stereocenters. The van der Waals surface area contributed by atoms with Gasteiger partial charge in [-0.05, 0) is 24.1 Å². The molecule has 2 saturated heterocycles. The number of piperazine rings is 1. The van der Waals surface area contributed by atoms with Crippen LogP contribution >= 0.6 is 0 Å². The van der Waals surface area contributed by atoms with Gasteiger partial charge in [0, 0.05) is 58.9 Å². The van der Waals surface area contributed by atoms with E-state index in [1.54, 1.807) is 7.11 Å². The molecular weight excluding hydrogens is 344 g/mol. The molecule has 2 aliphatic rings. The average molecular weight is 377 g/mol. The first kappa shape index (κ1) is 19.9. The highest BCUT2D eigenvalue weighted by Gasteiger charge is 2.21. The third-order valence-corrected chi connectivity index (χ3v) is 5.32. The summed E-state index contributed by atoms with van der Waals surface area (Å²) in [6, 6.07) is 8.03. The molecule has 0 aromatic heterocycles. The molecule has 1 N–H and O–H groups in total. The van der Waals surface area contributed by atoms with Crippen LogP contribution in [0.4, 0.5) is 4.79 Å². The zero-order valence-corrected chi connectivity index (χ0v) is 16.4. The Morgan fingerprint density at radius 3 is 2.48 bits per heavy atom. The van der Waals surface area contributed by atoms with Gasteiger partial charge >= 0.3 is 6.03 Å². The molecule has 2 amide bonds. The van der Waals surface area contributed by atoms with Crippen LogP contribution < -0.4 is 10.1 Å². The van der Waals surface area contributed by atoms with Crippen LogP contribution in [0.25, 0.3) is 0 Å². The average Bonchev–Trinajstić information content (AvgIpc) is 2.73. The predicted molar refractivity (Wildman–Crippen MR) is 105 cm³/mol. The minimum Gasteiger partial charge on any atom is -0.497 e. The number of urea groups is 1. The summed E-state index contributed by atoms with van der Waals surface area (Å²) in [4.78, 5) is 19.2. The molecule has 0 atom stereocenters. The van der Waals surface area contributed by atoms with E-state index in [9.17, 15) is 4.79 Å². The van der Waals surface area contributed by atoms with Gasteiger partial charge in [-0.15, -0.1) is 0 Å². The third kappa shape index (κ3) is 6.37. The van der Waals surface area contributed by atoms with Gasteiger partial charge < -0.3 is 19.7 Å². The van der Waals surface area contributed by atoms with Crippen LogP contribution in [0.2, 0.25) is 0 Å². The fourth-order valence-corrected chi connectivity index (χ4v) is 3.54. The van der Waals surface area contributed by atoms with Gasteiger partial charge in [0.05, 0.1) is 20.3 Å². The van der Waals surface area contributed by atoms with Crippen molar-refractivity contribution in [3.05, 3.63) is 29.8 Å². The summed E-state index contributed by atoms with van der Waals surface area (Å²) in [5, 5.41) is 3.04. The van der Waals surface area contributed by atoms with Gasteiger partial charge in [0.25, 0.3) is 0 Å². The Labute approximate surface area is 162 Å². The minimum atomic E-state index is 0.0470. The molecule has 7 nitrogen and oxygen atoms in total. The van der Waals surface area contributed by atoms with E-state index in [1.165, 1.54) is 5.56 Å². The van der Waals surface area contributed by atoms with Crippen molar-refractivity contribution in [2.24, 2.45) is 0 Å². The summed E-state index contributed by atoms with van der Waals surface area (Å²) in [5.41, 5.74) is 1.17. The largest absolute Gasteiger partial charge is 0.497 e. The number of hydrogen-bond acceptors (Lipinski definition) is 5. The van der Waals surface area contributed by atoms with Crippen LogP contribution in [0.3, 0.4) is 0 Å². The molecule has 150 valence electrons. The number of ether oxygens (including phenoxy) is 2. The van der Waals surface area contributed by atoms with Crippen molar-refractivity contribution in [2.75, 3.05) is 79.2 Å². The maximum Gasteiger partial charge on any atom is 0.317 e. The summed E-state index contributed by atoms with van der Waals surface area (Å²) in [5.74, 6) is 0.854. The number of rotatable bonds is 7.